The van der Waals surface area contributed by atoms with E-state index < -0.39 is 23.3 Å². The summed E-state index contributed by atoms with van der Waals surface area (Å²) in [5, 5.41) is 23.5. The van der Waals surface area contributed by atoms with Gasteiger partial charge in [-0.1, -0.05) is 0 Å². The van der Waals surface area contributed by atoms with Crippen LogP contribution in [-0.2, 0) is 32.3 Å². The fourth-order valence-corrected chi connectivity index (χ4v) is 5.95. The molecule has 3 aliphatic rings. The molecule has 1 aromatic carbocycles. The number of carbonyl (C=O) groups is 4. The fourth-order valence-electron chi connectivity index (χ4n) is 4.70. The molecule has 0 bridgehead atoms. The Bertz CT molecular complexity index is 1390. The summed E-state index contributed by atoms with van der Waals surface area (Å²) in [7, 11) is 0. The number of allylic oxidation sites excluding steroid dienone is 1. The van der Waals surface area contributed by atoms with Gasteiger partial charge in [-0.3, -0.25) is 19.3 Å². The number of carboxylic acids is 1. The number of anilines is 1. The number of pyridine rings is 1. The summed E-state index contributed by atoms with van der Waals surface area (Å²) in [5.41, 5.74) is 7.79. The number of aliphatic carboxylic acids is 1. The minimum absolute atomic E-state index is 0.0610. The van der Waals surface area contributed by atoms with Crippen LogP contribution in [0.3, 0.4) is 0 Å². The van der Waals surface area contributed by atoms with E-state index in [1.807, 2.05) is 6.07 Å². The zero-order chi connectivity index (χ0) is 27.0. The van der Waals surface area contributed by atoms with E-state index in [1.165, 1.54) is 23.9 Å². The van der Waals surface area contributed by atoms with Gasteiger partial charge in [0.1, 0.15) is 17.2 Å². The number of likely N-dealkylation sites (tertiary alicyclic amines) is 1. The fraction of sp³-hybridized carbons (Fsp3) is 0.269. The van der Waals surface area contributed by atoms with Crippen LogP contribution in [0.1, 0.15) is 12.0 Å². The second-order valence-electron chi connectivity index (χ2n) is 9.22. The number of nitrogens with two attached hydrogens (primary N) is 1. The van der Waals surface area contributed by atoms with Gasteiger partial charge in [0, 0.05) is 35.2 Å². The number of thioether (sulfide) groups is 1. The maximum absolute atomic E-state index is 13.1. The molecule has 12 heteroatoms. The lowest BCUT2D eigenvalue weighted by atomic mass is 10.0. The number of fused-ring (bicyclic) bond motifs is 1. The molecule has 2 atom stereocenters. The molecule has 0 saturated carbocycles. The maximum atomic E-state index is 13.1. The topological polar surface area (TPSA) is 160 Å². The molecule has 4 N–H and O–H groups in total. The van der Waals surface area contributed by atoms with Crippen LogP contribution in [-0.4, -0.2) is 62.3 Å². The minimum atomic E-state index is -1.46. The van der Waals surface area contributed by atoms with Crippen molar-refractivity contribution in [3.05, 3.63) is 77.3 Å². The highest BCUT2D eigenvalue weighted by molar-refractivity contribution is 8.00. The number of nitrogens with one attached hydrogen (secondary N) is 1. The van der Waals surface area contributed by atoms with Gasteiger partial charge in [-0.2, -0.15) is 4.57 Å². The van der Waals surface area contributed by atoms with E-state index >= 15 is 0 Å². The van der Waals surface area contributed by atoms with Crippen LogP contribution in [0.2, 0.25) is 0 Å². The monoisotopic (exact) mass is 535 g/mol. The number of carbonyl (C=O) groups excluding carboxylic acids is 4. The zero-order valence-electron chi connectivity index (χ0n) is 20.2. The molecule has 2 aromatic rings. The lowest BCUT2D eigenvalue weighted by Gasteiger charge is -2.49. The Hall–Kier alpha value is -4.16. The van der Waals surface area contributed by atoms with E-state index in [-0.39, 0.29) is 29.8 Å². The summed E-state index contributed by atoms with van der Waals surface area (Å²) in [4.78, 5) is 52.3. The van der Waals surface area contributed by atoms with Gasteiger partial charge >= 0.3 is 0 Å². The zero-order valence-corrected chi connectivity index (χ0v) is 21.0. The number of nitrogens with zero attached hydrogens (tertiary/aromatic N) is 3. The number of hydrogen-bond donors (Lipinski definition) is 3. The predicted octanol–water partition coefficient (Wildman–Crippen LogP) is -0.776. The van der Waals surface area contributed by atoms with Gasteiger partial charge in [-0.15, -0.1) is 11.8 Å². The highest BCUT2D eigenvalue weighted by Crippen LogP contribution is 2.40. The van der Waals surface area contributed by atoms with Crippen molar-refractivity contribution in [1.29, 1.82) is 0 Å². The Kier molecular flexibility index (Phi) is 6.91. The molecule has 0 spiro atoms. The van der Waals surface area contributed by atoms with Gasteiger partial charge in [0.2, 0.25) is 18.4 Å². The van der Waals surface area contributed by atoms with Crippen molar-refractivity contribution in [1.82, 2.24) is 9.80 Å². The number of β-lactam (4-membered cyclic amide) rings is 1. The number of amides is 3. The summed E-state index contributed by atoms with van der Waals surface area (Å²) >= 11 is 1.36. The van der Waals surface area contributed by atoms with Crippen LogP contribution in [0.15, 0.2) is 71.7 Å². The van der Waals surface area contributed by atoms with Crippen molar-refractivity contribution in [2.75, 3.05) is 17.6 Å². The number of benzene rings is 1. The van der Waals surface area contributed by atoms with Crippen molar-refractivity contribution in [2.24, 2.45) is 5.73 Å². The Morgan fingerprint density at radius 2 is 2.00 bits per heavy atom. The van der Waals surface area contributed by atoms with E-state index in [0.29, 0.717) is 42.1 Å². The molecule has 38 heavy (non-hydrogen) atoms. The Morgan fingerprint density at radius 1 is 1.24 bits per heavy atom. The van der Waals surface area contributed by atoms with Crippen molar-refractivity contribution >= 4 is 41.1 Å². The average Bonchev–Trinajstić information content (AvgIpc) is 3.23. The number of aromatic hydroxyl groups is 1. The van der Waals surface area contributed by atoms with Crippen molar-refractivity contribution < 1.29 is 34.0 Å². The first kappa shape index (κ1) is 25.5. The standard InChI is InChI=1S/C26H25N5O6S/c27-21-24(35)31-22(26(36)37)17(14-38-25(21)31)10-16-7-9-30(23(16)34)12-15-2-1-8-29(11-15)13-20(33)28-18-3-5-19(32)6-4-18/h1-6,8,10-11,21,25H,7,9,12-14,27H2,(H2-,28,32,33,36,37)/b16-10+/t21-,25-/m1/s1. The number of phenols is 1. The van der Waals surface area contributed by atoms with Gasteiger partial charge < -0.3 is 31.0 Å². The van der Waals surface area contributed by atoms with Gasteiger partial charge in [0.05, 0.1) is 18.2 Å². The quantitative estimate of drug-likeness (QED) is 0.180. The lowest BCUT2D eigenvalue weighted by molar-refractivity contribution is -0.684. The van der Waals surface area contributed by atoms with Gasteiger partial charge in [0.15, 0.2) is 12.4 Å². The second-order valence-corrected chi connectivity index (χ2v) is 10.3. The van der Waals surface area contributed by atoms with Crippen molar-refractivity contribution in [3.63, 3.8) is 0 Å². The predicted molar refractivity (Wildman–Crippen MR) is 135 cm³/mol. The van der Waals surface area contributed by atoms with Crippen LogP contribution in [0.25, 0.3) is 0 Å². The molecular formula is C26H25N5O6S. The van der Waals surface area contributed by atoms with Gasteiger partial charge in [-0.05, 0) is 48.4 Å². The summed E-state index contributed by atoms with van der Waals surface area (Å²) < 4.78 is 1.71. The molecule has 0 aliphatic carbocycles. The molecule has 11 nitrogen and oxygen atoms in total. The number of phenolic OH excluding ortho intramolecular Hbond substituents is 1. The molecule has 196 valence electrons. The van der Waals surface area contributed by atoms with Crippen LogP contribution >= 0.6 is 11.8 Å². The molecule has 0 unspecified atom stereocenters. The molecule has 5 rings (SSSR count). The molecule has 0 radical (unpaired) electrons. The second kappa shape index (κ2) is 10.3. The largest absolute Gasteiger partial charge is 0.543 e. The minimum Gasteiger partial charge on any atom is -0.543 e. The van der Waals surface area contributed by atoms with Crippen LogP contribution < -0.4 is 20.7 Å². The van der Waals surface area contributed by atoms with Crippen LogP contribution in [0, 0.1) is 0 Å². The van der Waals surface area contributed by atoms with Crippen LogP contribution in [0.5, 0.6) is 5.75 Å². The normalized spacial score (nSPS) is 22.0. The number of carboxylic acid groups (broad SMARTS) is 1. The lowest BCUT2D eigenvalue weighted by Crippen LogP contribution is -2.69. The molecule has 2 fully saturated rings. The Balaban J connectivity index is 1.25. The van der Waals surface area contributed by atoms with Crippen LogP contribution in [0.4, 0.5) is 5.69 Å². The van der Waals surface area contributed by atoms with Crippen molar-refractivity contribution in [3.8, 4) is 5.75 Å². The molecule has 3 aliphatic heterocycles. The van der Waals surface area contributed by atoms with E-state index in [0.717, 1.165) is 10.5 Å². The smallest absolute Gasteiger partial charge is 0.290 e. The average molecular weight is 536 g/mol. The first-order valence-corrected chi connectivity index (χ1v) is 13.0. The SMILES string of the molecule is N[C@@H]1C(=O)N2C(C(=O)[O-])=C(/C=C3\CCN(Cc4ccc[n+](CC(=O)Nc5ccc(O)cc5)c4)C3=O)CS[C@H]12. The maximum Gasteiger partial charge on any atom is 0.290 e. The third-order valence-electron chi connectivity index (χ3n) is 6.56. The third kappa shape index (κ3) is 5.00. The number of rotatable bonds is 7. The summed E-state index contributed by atoms with van der Waals surface area (Å²) in [6, 6.07) is 9.09. The molecule has 2 saturated heterocycles. The van der Waals surface area contributed by atoms with Gasteiger partial charge in [-0.25, -0.2) is 0 Å². The van der Waals surface area contributed by atoms with Crippen molar-refractivity contribution in [2.45, 2.75) is 30.9 Å². The van der Waals surface area contributed by atoms with E-state index in [9.17, 15) is 29.4 Å². The number of aromatic nitrogens is 1. The number of hydrogen-bond acceptors (Lipinski definition) is 8. The van der Waals surface area contributed by atoms with Gasteiger partial charge in [0.25, 0.3) is 5.91 Å². The first-order chi connectivity index (χ1) is 18.2. The Labute approximate surface area is 222 Å². The van der Waals surface area contributed by atoms with E-state index in [4.69, 9.17) is 5.73 Å². The Morgan fingerprint density at radius 3 is 2.74 bits per heavy atom. The molecule has 3 amide bonds. The highest BCUT2D eigenvalue weighted by atomic mass is 32.2. The molecular weight excluding hydrogens is 510 g/mol. The van der Waals surface area contributed by atoms with E-state index in [1.54, 1.807) is 46.1 Å². The third-order valence-corrected chi connectivity index (χ3v) is 7.89. The highest BCUT2D eigenvalue weighted by Gasteiger charge is 2.50. The summed E-state index contributed by atoms with van der Waals surface area (Å²) in [6.07, 6.45) is 5.54. The van der Waals surface area contributed by atoms with E-state index in [2.05, 4.69) is 5.32 Å². The first-order valence-electron chi connectivity index (χ1n) is 11.9. The summed E-state index contributed by atoms with van der Waals surface area (Å²) in [6.45, 7) is 0.836. The summed E-state index contributed by atoms with van der Waals surface area (Å²) in [5.74, 6) is -1.97. The molecule has 1 aromatic heterocycles. The molecule has 4 heterocycles.